The van der Waals surface area contributed by atoms with Crippen LogP contribution >= 0.6 is 31.9 Å². The van der Waals surface area contributed by atoms with Crippen LogP contribution in [0.5, 0.6) is 0 Å². The maximum atomic E-state index is 12.2. The predicted octanol–water partition coefficient (Wildman–Crippen LogP) is 7.99. The van der Waals surface area contributed by atoms with Gasteiger partial charge in [0.05, 0.1) is 28.7 Å². The second kappa shape index (κ2) is 12.6. The molecule has 0 radical (unpaired) electrons. The van der Waals surface area contributed by atoms with E-state index in [9.17, 15) is 19.7 Å². The predicted molar refractivity (Wildman–Crippen MR) is 155 cm³/mol. The maximum absolute atomic E-state index is 12.2. The van der Waals surface area contributed by atoms with E-state index >= 15 is 0 Å². The van der Waals surface area contributed by atoms with Crippen LogP contribution in [-0.2, 0) is 26.5 Å². The van der Waals surface area contributed by atoms with Crippen molar-refractivity contribution in [2.45, 2.75) is 51.4 Å². The van der Waals surface area contributed by atoms with E-state index in [4.69, 9.17) is 24.0 Å². The van der Waals surface area contributed by atoms with E-state index in [2.05, 4.69) is 31.9 Å². The third-order valence-electron chi connectivity index (χ3n) is 6.67. The number of ether oxygens (including phenoxy) is 2. The molecule has 13 heteroatoms. The van der Waals surface area contributed by atoms with Gasteiger partial charge in [-0.3, -0.25) is 10.1 Å². The van der Waals surface area contributed by atoms with Gasteiger partial charge in [0.1, 0.15) is 33.8 Å². The number of nitrogens with zero attached hydrogens (tertiary/aromatic N) is 1. The number of nitro groups is 1. The third-order valence-corrected chi connectivity index (χ3v) is 7.99. The number of carbonyl (C=O) groups is 2. The molecule has 2 aromatic carbocycles. The molecule has 2 N–H and O–H groups in total. The zero-order valence-corrected chi connectivity index (χ0v) is 26.4. The summed E-state index contributed by atoms with van der Waals surface area (Å²) in [5.74, 6) is 1.10. The number of anilines is 1. The second-order valence-electron chi connectivity index (χ2n) is 9.60. The van der Waals surface area contributed by atoms with Gasteiger partial charge in [-0.05, 0) is 83.5 Å². The summed E-state index contributed by atoms with van der Waals surface area (Å²) in [4.78, 5) is 34.8. The van der Waals surface area contributed by atoms with Crippen molar-refractivity contribution in [2.75, 3.05) is 18.9 Å². The molecule has 0 spiro atoms. The van der Waals surface area contributed by atoms with Crippen LogP contribution in [0.1, 0.15) is 83.6 Å². The van der Waals surface area contributed by atoms with Gasteiger partial charge >= 0.3 is 11.9 Å². The number of nitrogen functional groups attached to an aromatic ring is 1. The Balaban J connectivity index is 0.000000185. The number of rotatable bonds is 7. The quantitative estimate of drug-likeness (QED) is 0.0656. The Morgan fingerprint density at radius 2 is 1.32 bits per heavy atom. The summed E-state index contributed by atoms with van der Waals surface area (Å²) in [7, 11) is 0. The van der Waals surface area contributed by atoms with Crippen LogP contribution in [0.2, 0.25) is 0 Å². The summed E-state index contributed by atoms with van der Waals surface area (Å²) in [6, 6.07) is 6.46. The van der Waals surface area contributed by atoms with Crippen molar-refractivity contribution in [2.24, 2.45) is 0 Å². The van der Waals surface area contributed by atoms with Crippen molar-refractivity contribution in [3.8, 4) is 0 Å². The number of hydrogen-bond donors (Lipinski definition) is 1. The Kier molecular flexibility index (Phi) is 9.52. The molecule has 0 aliphatic heterocycles. The van der Waals surface area contributed by atoms with Gasteiger partial charge in [0, 0.05) is 55.9 Å². The molecule has 218 valence electrons. The van der Waals surface area contributed by atoms with E-state index in [1.165, 1.54) is 6.07 Å². The SMILES string of the molecule is CCOC(=O)c1c(C2CC2)oc2cc(N)c(Br)cc12.CCOC(=O)c1c(C2CC2)oc2cc([N+](=O)[O-])c(Br)cc12.[Fe]. The molecule has 41 heavy (non-hydrogen) atoms. The molecule has 0 atom stereocenters. The van der Waals surface area contributed by atoms with Gasteiger partial charge < -0.3 is 24.0 Å². The van der Waals surface area contributed by atoms with Crippen molar-refractivity contribution in [1.29, 1.82) is 0 Å². The minimum atomic E-state index is -0.493. The molecule has 2 aromatic heterocycles. The van der Waals surface area contributed by atoms with Crippen LogP contribution < -0.4 is 5.73 Å². The smallest absolute Gasteiger partial charge is 0.342 e. The summed E-state index contributed by atoms with van der Waals surface area (Å²) in [5, 5.41) is 12.3. The molecule has 0 unspecified atom stereocenters. The molecule has 4 aromatic rings. The molecule has 2 fully saturated rings. The first-order chi connectivity index (χ1) is 19.1. The molecule has 2 aliphatic carbocycles. The molecule has 6 rings (SSSR count). The Hall–Kier alpha value is -2.86. The van der Waals surface area contributed by atoms with E-state index in [1.807, 2.05) is 6.07 Å². The zero-order valence-electron chi connectivity index (χ0n) is 22.1. The Morgan fingerprint density at radius 3 is 1.73 bits per heavy atom. The minimum Gasteiger partial charge on any atom is -0.462 e. The van der Waals surface area contributed by atoms with Gasteiger partial charge in [-0.15, -0.1) is 0 Å². The summed E-state index contributed by atoms with van der Waals surface area (Å²) in [6.07, 6.45) is 4.02. The molecule has 2 saturated carbocycles. The third kappa shape index (κ3) is 6.33. The number of halogens is 2. The molecule has 0 bridgehead atoms. The molecule has 0 saturated heterocycles. The van der Waals surface area contributed by atoms with Crippen LogP contribution in [0.4, 0.5) is 11.4 Å². The van der Waals surface area contributed by atoms with Crippen molar-refractivity contribution in [3.05, 3.63) is 66.0 Å². The molecular weight excluding hydrogens is 708 g/mol. The van der Waals surface area contributed by atoms with Gasteiger partial charge in [-0.1, -0.05) is 0 Å². The molecule has 10 nitrogen and oxygen atoms in total. The van der Waals surface area contributed by atoms with Crippen molar-refractivity contribution in [1.82, 2.24) is 0 Å². The molecular formula is C28H26Br2FeN2O8. The zero-order chi connectivity index (χ0) is 28.7. The summed E-state index contributed by atoms with van der Waals surface area (Å²) in [5.41, 5.74) is 8.29. The number of benzene rings is 2. The number of furan rings is 2. The normalized spacial score (nSPS) is 14.2. The van der Waals surface area contributed by atoms with Crippen molar-refractivity contribution >= 4 is 77.1 Å². The fourth-order valence-corrected chi connectivity index (χ4v) is 5.34. The minimum absolute atomic E-state index is 0. The first-order valence-corrected chi connectivity index (χ1v) is 14.5. The first-order valence-electron chi connectivity index (χ1n) is 12.9. The fraction of sp³-hybridized carbons (Fsp3) is 0.357. The Morgan fingerprint density at radius 1 is 0.878 bits per heavy atom. The van der Waals surface area contributed by atoms with Gasteiger partial charge in [0.25, 0.3) is 5.69 Å². The van der Waals surface area contributed by atoms with E-state index in [0.717, 1.165) is 41.3 Å². The first kappa shape index (κ1) is 31.1. The number of carbonyl (C=O) groups excluding carboxylic acids is 2. The van der Waals surface area contributed by atoms with E-state index in [0.29, 0.717) is 56.1 Å². The average Bonchev–Trinajstić information content (AvgIpc) is 3.84. The van der Waals surface area contributed by atoms with Crippen LogP contribution in [0, 0.1) is 10.1 Å². The van der Waals surface area contributed by atoms with Gasteiger partial charge in [0.15, 0.2) is 0 Å². The van der Waals surface area contributed by atoms with Crippen molar-refractivity contribution < 1.29 is 49.9 Å². The van der Waals surface area contributed by atoms with E-state index < -0.39 is 10.9 Å². The summed E-state index contributed by atoms with van der Waals surface area (Å²) >= 11 is 6.55. The number of nitro benzene ring substituents is 1. The van der Waals surface area contributed by atoms with Crippen LogP contribution in [0.25, 0.3) is 21.9 Å². The average molecular weight is 734 g/mol. The Bertz CT molecular complexity index is 1660. The number of hydrogen-bond acceptors (Lipinski definition) is 9. The number of nitrogens with two attached hydrogens (primary N) is 1. The van der Waals surface area contributed by atoms with Gasteiger partial charge in [0.2, 0.25) is 0 Å². The number of esters is 2. The van der Waals surface area contributed by atoms with E-state index in [-0.39, 0.29) is 41.3 Å². The van der Waals surface area contributed by atoms with E-state index in [1.54, 1.807) is 26.0 Å². The molecule has 0 amide bonds. The maximum Gasteiger partial charge on any atom is 0.342 e. The fourth-order valence-electron chi connectivity index (χ4n) is 4.51. The van der Waals surface area contributed by atoms with Gasteiger partial charge in [-0.2, -0.15) is 0 Å². The van der Waals surface area contributed by atoms with Gasteiger partial charge in [-0.25, -0.2) is 9.59 Å². The van der Waals surface area contributed by atoms with Crippen LogP contribution in [0.3, 0.4) is 0 Å². The second-order valence-corrected chi connectivity index (χ2v) is 11.3. The molecule has 2 aliphatic rings. The molecule has 2 heterocycles. The van der Waals surface area contributed by atoms with Crippen LogP contribution in [-0.4, -0.2) is 30.1 Å². The topological polar surface area (TPSA) is 148 Å². The standard InChI is InChI=1S/C14H12BrNO5.C14H14BrNO3.Fe/c1-2-20-14(17)12-8-5-9(15)10(16(18)19)6-11(8)21-13(12)7-3-4-7;1-2-18-14(17)12-8-5-9(15)10(16)6-11(8)19-13(12)7-3-4-7;/h5-7H,2-4H2,1H3;5-7H,2-4,16H2,1H3;. The number of fused-ring (bicyclic) bond motifs is 2. The monoisotopic (exact) mass is 732 g/mol. The van der Waals surface area contributed by atoms with Crippen LogP contribution in [0.15, 0.2) is 42.0 Å². The Labute approximate surface area is 262 Å². The summed E-state index contributed by atoms with van der Waals surface area (Å²) in [6.45, 7) is 4.15. The largest absolute Gasteiger partial charge is 0.462 e. The summed E-state index contributed by atoms with van der Waals surface area (Å²) < 4.78 is 22.8. The van der Waals surface area contributed by atoms with Crippen molar-refractivity contribution in [3.63, 3.8) is 0 Å².